The number of hydroxylamine groups is 2. The third kappa shape index (κ3) is 4.66. The lowest BCUT2D eigenvalue weighted by atomic mass is 10.2. The van der Waals surface area contributed by atoms with Crippen LogP contribution in [-0.2, 0) is 9.57 Å². The second-order valence-electron chi connectivity index (χ2n) is 6.25. The molecule has 2 rings (SSSR count). The fourth-order valence-corrected chi connectivity index (χ4v) is 2.38. The topological polar surface area (TPSA) is 30.9 Å². The predicted octanol–water partition coefficient (Wildman–Crippen LogP) is 3.37. The van der Waals surface area contributed by atoms with Crippen LogP contribution in [0, 0.1) is 5.82 Å². The van der Waals surface area contributed by atoms with Gasteiger partial charge in [0.15, 0.2) is 0 Å². The van der Waals surface area contributed by atoms with E-state index in [9.17, 15) is 4.39 Å². The first-order valence-electron chi connectivity index (χ1n) is 7.27. The molecule has 1 fully saturated rings. The first kappa shape index (κ1) is 16.2. The Labute approximate surface area is 125 Å². The van der Waals surface area contributed by atoms with Gasteiger partial charge in [-0.3, -0.25) is 4.84 Å². The quantitative estimate of drug-likeness (QED) is 0.834. The molecule has 21 heavy (non-hydrogen) atoms. The van der Waals surface area contributed by atoms with Gasteiger partial charge in [0, 0.05) is 7.11 Å². The lowest BCUT2D eigenvalue weighted by molar-refractivity contribution is -0.295. The molecule has 0 saturated carbocycles. The molecule has 0 bridgehead atoms. The van der Waals surface area contributed by atoms with E-state index in [1.54, 1.807) is 19.2 Å². The van der Waals surface area contributed by atoms with Crippen LogP contribution in [0.25, 0.3) is 0 Å². The summed E-state index contributed by atoms with van der Waals surface area (Å²) in [6.07, 6.45) is 1.80. The summed E-state index contributed by atoms with van der Waals surface area (Å²) in [6.45, 7) is 6.52. The van der Waals surface area contributed by atoms with Crippen molar-refractivity contribution in [1.29, 1.82) is 0 Å². The minimum atomic E-state index is -0.282. The molecule has 2 unspecified atom stereocenters. The second kappa shape index (κ2) is 6.73. The molecule has 0 aliphatic carbocycles. The monoisotopic (exact) mass is 297 g/mol. The number of hydrogen-bond donors (Lipinski definition) is 0. The molecule has 1 aromatic carbocycles. The molecule has 0 amide bonds. The molecule has 0 radical (unpaired) electrons. The normalized spacial score (nSPS) is 23.5. The molecule has 1 aliphatic rings. The van der Waals surface area contributed by atoms with E-state index >= 15 is 0 Å². The highest BCUT2D eigenvalue weighted by Gasteiger charge is 2.37. The van der Waals surface area contributed by atoms with Gasteiger partial charge in [-0.05, 0) is 57.9 Å². The van der Waals surface area contributed by atoms with E-state index in [1.165, 1.54) is 12.1 Å². The molecule has 5 heteroatoms. The van der Waals surface area contributed by atoms with E-state index in [0.717, 1.165) is 12.8 Å². The highest BCUT2D eigenvalue weighted by Crippen LogP contribution is 2.28. The van der Waals surface area contributed by atoms with Gasteiger partial charge in [0.25, 0.3) is 0 Å². The van der Waals surface area contributed by atoms with Crippen LogP contribution in [-0.4, -0.2) is 36.7 Å². The Morgan fingerprint density at radius 3 is 2.43 bits per heavy atom. The van der Waals surface area contributed by atoms with Crippen molar-refractivity contribution in [2.45, 2.75) is 51.5 Å². The first-order valence-corrected chi connectivity index (χ1v) is 7.27. The number of rotatable bonds is 5. The van der Waals surface area contributed by atoms with Crippen LogP contribution < -0.4 is 4.74 Å². The minimum Gasteiger partial charge on any atom is -0.492 e. The van der Waals surface area contributed by atoms with E-state index in [0.29, 0.717) is 12.4 Å². The zero-order valence-corrected chi connectivity index (χ0v) is 13.1. The molecule has 2 atom stereocenters. The zero-order valence-electron chi connectivity index (χ0n) is 13.1. The predicted molar refractivity (Wildman–Crippen MR) is 78.4 cm³/mol. The Balaban J connectivity index is 1.95. The average molecular weight is 297 g/mol. The van der Waals surface area contributed by atoms with Crippen LogP contribution in [0.15, 0.2) is 24.3 Å². The van der Waals surface area contributed by atoms with Crippen molar-refractivity contribution >= 4 is 0 Å². The van der Waals surface area contributed by atoms with Gasteiger partial charge in [-0.15, -0.1) is 0 Å². The fraction of sp³-hybridized carbons (Fsp3) is 0.625. The summed E-state index contributed by atoms with van der Waals surface area (Å²) in [5, 5.41) is 1.89. The number of methoxy groups -OCH3 is 1. The minimum absolute atomic E-state index is 0.0500. The summed E-state index contributed by atoms with van der Waals surface area (Å²) < 4.78 is 24.1. The van der Waals surface area contributed by atoms with Gasteiger partial charge in [-0.2, -0.15) is 5.06 Å². The molecule has 0 aromatic heterocycles. The van der Waals surface area contributed by atoms with Crippen molar-refractivity contribution in [3.05, 3.63) is 30.1 Å². The number of benzene rings is 1. The zero-order chi connectivity index (χ0) is 15.5. The maximum absolute atomic E-state index is 12.9. The Bertz CT molecular complexity index is 444. The van der Waals surface area contributed by atoms with Crippen molar-refractivity contribution in [1.82, 2.24) is 5.06 Å². The van der Waals surface area contributed by atoms with Crippen molar-refractivity contribution in [2.24, 2.45) is 0 Å². The van der Waals surface area contributed by atoms with Crippen LogP contribution in [0.2, 0.25) is 0 Å². The Morgan fingerprint density at radius 2 is 1.86 bits per heavy atom. The van der Waals surface area contributed by atoms with Crippen LogP contribution >= 0.6 is 0 Å². The Kier molecular flexibility index (Phi) is 5.19. The van der Waals surface area contributed by atoms with Gasteiger partial charge in [-0.25, -0.2) is 4.39 Å². The molecule has 0 spiro atoms. The summed E-state index contributed by atoms with van der Waals surface area (Å²) in [5.41, 5.74) is -0.282. The summed E-state index contributed by atoms with van der Waals surface area (Å²) in [6, 6.07) is 6.18. The smallest absolute Gasteiger partial charge is 0.133 e. The lowest BCUT2D eigenvalue weighted by Crippen LogP contribution is -2.44. The summed E-state index contributed by atoms with van der Waals surface area (Å²) in [4.78, 5) is 5.99. The standard InChI is InChI=1S/C16H24FNO3/c1-16(2,3)21-18-13(7-10-15(18)19-4)11-20-14-8-5-12(17)6-9-14/h5-6,8-9,13,15H,7,10-11H2,1-4H3. The maximum Gasteiger partial charge on any atom is 0.133 e. The van der Waals surface area contributed by atoms with Crippen molar-refractivity contribution < 1.29 is 18.7 Å². The van der Waals surface area contributed by atoms with Crippen molar-refractivity contribution in [3.63, 3.8) is 0 Å². The van der Waals surface area contributed by atoms with E-state index in [-0.39, 0.29) is 23.7 Å². The highest BCUT2D eigenvalue weighted by atomic mass is 19.1. The first-order chi connectivity index (χ1) is 9.89. The number of hydrogen-bond acceptors (Lipinski definition) is 4. The van der Waals surface area contributed by atoms with Crippen LogP contribution in [0.5, 0.6) is 5.75 Å². The average Bonchev–Trinajstić information content (AvgIpc) is 2.78. The van der Waals surface area contributed by atoms with E-state index < -0.39 is 0 Å². The third-order valence-electron chi connectivity index (χ3n) is 3.30. The molecule has 1 aliphatic heterocycles. The molecule has 1 saturated heterocycles. The summed E-state index contributed by atoms with van der Waals surface area (Å²) in [7, 11) is 1.69. The maximum atomic E-state index is 12.9. The van der Waals surface area contributed by atoms with Crippen LogP contribution in [0.4, 0.5) is 4.39 Å². The SMILES string of the molecule is COC1CCC(COc2ccc(F)cc2)N1OC(C)(C)C. The van der Waals surface area contributed by atoms with Crippen molar-refractivity contribution in [2.75, 3.05) is 13.7 Å². The molecule has 0 N–H and O–H groups in total. The summed E-state index contributed by atoms with van der Waals surface area (Å²) in [5.74, 6) is 0.397. The lowest BCUT2D eigenvalue weighted by Gasteiger charge is -2.34. The summed E-state index contributed by atoms with van der Waals surface area (Å²) >= 11 is 0. The number of ether oxygens (including phenoxy) is 2. The molecule has 1 heterocycles. The van der Waals surface area contributed by atoms with Gasteiger partial charge in [-0.1, -0.05) is 0 Å². The highest BCUT2D eigenvalue weighted by molar-refractivity contribution is 5.22. The largest absolute Gasteiger partial charge is 0.492 e. The molecule has 1 aromatic rings. The van der Waals surface area contributed by atoms with Gasteiger partial charge < -0.3 is 9.47 Å². The van der Waals surface area contributed by atoms with Crippen molar-refractivity contribution in [3.8, 4) is 5.75 Å². The van der Waals surface area contributed by atoms with Gasteiger partial charge >= 0.3 is 0 Å². The third-order valence-corrected chi connectivity index (χ3v) is 3.30. The fourth-order valence-electron chi connectivity index (χ4n) is 2.38. The van der Waals surface area contributed by atoms with E-state index in [1.807, 2.05) is 25.8 Å². The van der Waals surface area contributed by atoms with Gasteiger partial charge in [0.05, 0.1) is 11.6 Å². The number of halogens is 1. The second-order valence-corrected chi connectivity index (χ2v) is 6.25. The Morgan fingerprint density at radius 1 is 1.19 bits per heavy atom. The van der Waals surface area contributed by atoms with Crippen LogP contribution in [0.1, 0.15) is 33.6 Å². The van der Waals surface area contributed by atoms with Gasteiger partial charge in [0.1, 0.15) is 24.4 Å². The molecular weight excluding hydrogens is 273 g/mol. The Hall–Kier alpha value is -1.17. The van der Waals surface area contributed by atoms with E-state index in [4.69, 9.17) is 14.3 Å². The molecular formula is C16H24FNO3. The van der Waals surface area contributed by atoms with Gasteiger partial charge in [0.2, 0.25) is 0 Å². The number of nitrogens with zero attached hydrogens (tertiary/aromatic N) is 1. The van der Waals surface area contributed by atoms with E-state index in [2.05, 4.69) is 0 Å². The molecule has 4 nitrogen and oxygen atoms in total. The van der Waals surface area contributed by atoms with Crippen LogP contribution in [0.3, 0.4) is 0 Å². The molecule has 118 valence electrons.